The zero-order valence-electron chi connectivity index (χ0n) is 12.6. The molecule has 1 saturated carbocycles. The number of primary sulfonamides is 1. The van der Waals surface area contributed by atoms with E-state index in [0.29, 0.717) is 11.3 Å². The van der Waals surface area contributed by atoms with E-state index in [0.717, 1.165) is 5.56 Å². The molecule has 0 saturated heterocycles. The highest BCUT2D eigenvalue weighted by molar-refractivity contribution is 7.99. The summed E-state index contributed by atoms with van der Waals surface area (Å²) < 4.78 is 22.5. The number of sulfonamides is 1. The Morgan fingerprint density at radius 3 is 2.43 bits per heavy atom. The van der Waals surface area contributed by atoms with Gasteiger partial charge in [0.05, 0.1) is 4.90 Å². The first-order valence-corrected chi connectivity index (χ1v) is 10.2. The average Bonchev–Trinajstić information content (AvgIpc) is 2.47. The summed E-state index contributed by atoms with van der Waals surface area (Å²) in [6.07, 6.45) is 7.27. The number of nitrogens with one attached hydrogen (secondary N) is 1. The molecule has 1 aliphatic rings. The van der Waals surface area contributed by atoms with Crippen LogP contribution in [-0.2, 0) is 10.0 Å². The van der Waals surface area contributed by atoms with E-state index in [-0.39, 0.29) is 10.9 Å². The van der Waals surface area contributed by atoms with Crippen molar-refractivity contribution in [3.63, 3.8) is 0 Å². The average molecular weight is 329 g/mol. The molecular weight excluding hydrogens is 304 g/mol. The van der Waals surface area contributed by atoms with E-state index in [1.165, 1.54) is 25.7 Å². The van der Waals surface area contributed by atoms with Gasteiger partial charge in [0.15, 0.2) is 0 Å². The summed E-state index contributed by atoms with van der Waals surface area (Å²) in [6.45, 7) is 2.12. The van der Waals surface area contributed by atoms with Gasteiger partial charge in [0.1, 0.15) is 0 Å². The van der Waals surface area contributed by atoms with Gasteiger partial charge in [0.25, 0.3) is 0 Å². The quantitative estimate of drug-likeness (QED) is 0.871. The third-order valence-electron chi connectivity index (χ3n) is 4.18. The summed E-state index contributed by atoms with van der Waals surface area (Å²) in [5, 5.41) is 9.49. The van der Waals surface area contributed by atoms with Crippen LogP contribution in [0.3, 0.4) is 0 Å². The summed E-state index contributed by atoms with van der Waals surface area (Å²) in [7, 11) is -3.61. The molecule has 2 rings (SSSR count). The Labute approximate surface area is 131 Å². The molecule has 118 valence electrons. The number of hydrogen-bond donors (Lipinski definition) is 2. The fraction of sp³-hybridized carbons (Fsp3) is 0.600. The molecule has 0 bridgehead atoms. The van der Waals surface area contributed by atoms with E-state index >= 15 is 0 Å². The standard InChI is InChI=1S/C15H24N2O2S2/c1-11(17-14-5-3-4-6-15(14)20-2)12-7-9-13(10-8-12)21(16,18)19/h7-11,14-15,17H,3-6H2,1-2H3,(H2,16,18,19). The minimum atomic E-state index is -3.61. The molecule has 4 nitrogen and oxygen atoms in total. The van der Waals surface area contributed by atoms with Gasteiger partial charge in [-0.05, 0) is 43.7 Å². The Morgan fingerprint density at radius 2 is 1.86 bits per heavy atom. The summed E-state index contributed by atoms with van der Waals surface area (Å²) in [5.74, 6) is 0. The Balaban J connectivity index is 2.04. The Morgan fingerprint density at radius 1 is 1.24 bits per heavy atom. The third-order valence-corrected chi connectivity index (χ3v) is 6.28. The molecule has 3 atom stereocenters. The van der Waals surface area contributed by atoms with E-state index in [4.69, 9.17) is 5.14 Å². The minimum Gasteiger partial charge on any atom is -0.306 e. The van der Waals surface area contributed by atoms with Crippen LogP contribution in [-0.4, -0.2) is 26.0 Å². The molecule has 0 aliphatic heterocycles. The summed E-state index contributed by atoms with van der Waals surface area (Å²) in [6, 6.07) is 7.58. The second-order valence-electron chi connectivity index (χ2n) is 5.67. The van der Waals surface area contributed by atoms with Gasteiger partial charge in [0.2, 0.25) is 10.0 Å². The van der Waals surface area contributed by atoms with Crippen LogP contribution in [0.15, 0.2) is 29.2 Å². The summed E-state index contributed by atoms with van der Waals surface area (Å²) in [4.78, 5) is 0.165. The van der Waals surface area contributed by atoms with Gasteiger partial charge in [-0.1, -0.05) is 25.0 Å². The van der Waals surface area contributed by atoms with Crippen LogP contribution in [0.25, 0.3) is 0 Å². The van der Waals surface area contributed by atoms with Crippen LogP contribution in [0.5, 0.6) is 0 Å². The van der Waals surface area contributed by atoms with Crippen molar-refractivity contribution in [3.8, 4) is 0 Å². The number of thioether (sulfide) groups is 1. The van der Waals surface area contributed by atoms with Crippen LogP contribution in [0.4, 0.5) is 0 Å². The van der Waals surface area contributed by atoms with Crippen molar-refractivity contribution in [1.82, 2.24) is 5.32 Å². The first-order chi connectivity index (χ1) is 9.91. The second-order valence-corrected chi connectivity index (χ2v) is 8.31. The topological polar surface area (TPSA) is 72.2 Å². The van der Waals surface area contributed by atoms with Gasteiger partial charge in [0, 0.05) is 17.3 Å². The second kappa shape index (κ2) is 7.13. The predicted octanol–water partition coefficient (Wildman–Crippen LogP) is 2.66. The van der Waals surface area contributed by atoms with Crippen molar-refractivity contribution in [3.05, 3.63) is 29.8 Å². The molecule has 21 heavy (non-hydrogen) atoms. The summed E-state index contributed by atoms with van der Waals surface area (Å²) >= 11 is 1.94. The summed E-state index contributed by atoms with van der Waals surface area (Å²) in [5.41, 5.74) is 1.09. The van der Waals surface area contributed by atoms with Crippen molar-refractivity contribution >= 4 is 21.8 Å². The van der Waals surface area contributed by atoms with Crippen LogP contribution >= 0.6 is 11.8 Å². The Hall–Kier alpha value is -0.560. The lowest BCUT2D eigenvalue weighted by molar-refractivity contribution is 0.356. The highest BCUT2D eigenvalue weighted by Gasteiger charge is 2.25. The first kappa shape index (κ1) is 16.8. The molecule has 0 heterocycles. The SMILES string of the molecule is CSC1CCCCC1NC(C)c1ccc(S(N)(=O)=O)cc1. The number of hydrogen-bond acceptors (Lipinski definition) is 4. The van der Waals surface area contributed by atoms with E-state index in [9.17, 15) is 8.42 Å². The molecule has 0 amide bonds. The van der Waals surface area contributed by atoms with Gasteiger partial charge in [-0.2, -0.15) is 11.8 Å². The van der Waals surface area contributed by atoms with Gasteiger partial charge < -0.3 is 5.32 Å². The van der Waals surface area contributed by atoms with Crippen molar-refractivity contribution in [2.24, 2.45) is 5.14 Å². The molecule has 1 fully saturated rings. The van der Waals surface area contributed by atoms with Crippen molar-refractivity contribution in [2.45, 2.75) is 54.8 Å². The predicted molar refractivity (Wildman–Crippen MR) is 88.9 cm³/mol. The van der Waals surface area contributed by atoms with Gasteiger partial charge in [-0.3, -0.25) is 0 Å². The molecule has 0 aromatic heterocycles. The zero-order chi connectivity index (χ0) is 15.5. The normalized spacial score (nSPS) is 24.7. The highest BCUT2D eigenvalue weighted by Crippen LogP contribution is 2.29. The Kier molecular flexibility index (Phi) is 5.71. The molecule has 1 aliphatic carbocycles. The molecule has 3 N–H and O–H groups in total. The fourth-order valence-electron chi connectivity index (χ4n) is 2.93. The molecule has 1 aromatic rings. The molecule has 0 radical (unpaired) electrons. The van der Waals surface area contributed by atoms with Crippen LogP contribution in [0.2, 0.25) is 0 Å². The van der Waals surface area contributed by atoms with Crippen molar-refractivity contribution < 1.29 is 8.42 Å². The van der Waals surface area contributed by atoms with E-state index < -0.39 is 10.0 Å². The molecule has 0 spiro atoms. The van der Waals surface area contributed by atoms with Gasteiger partial charge in [-0.15, -0.1) is 0 Å². The number of benzene rings is 1. The van der Waals surface area contributed by atoms with Crippen LogP contribution in [0, 0.1) is 0 Å². The maximum absolute atomic E-state index is 11.3. The lowest BCUT2D eigenvalue weighted by Crippen LogP contribution is -2.41. The smallest absolute Gasteiger partial charge is 0.238 e. The van der Waals surface area contributed by atoms with Crippen molar-refractivity contribution in [2.75, 3.05) is 6.26 Å². The van der Waals surface area contributed by atoms with Crippen LogP contribution < -0.4 is 10.5 Å². The first-order valence-electron chi connectivity index (χ1n) is 7.33. The lowest BCUT2D eigenvalue weighted by Gasteiger charge is -2.33. The number of nitrogens with two attached hydrogens (primary N) is 1. The monoisotopic (exact) mass is 328 g/mol. The maximum atomic E-state index is 11.3. The molecule has 3 unspecified atom stereocenters. The lowest BCUT2D eigenvalue weighted by atomic mass is 9.93. The fourth-order valence-corrected chi connectivity index (χ4v) is 4.39. The van der Waals surface area contributed by atoms with E-state index in [1.54, 1.807) is 12.1 Å². The van der Waals surface area contributed by atoms with E-state index in [2.05, 4.69) is 18.5 Å². The number of rotatable bonds is 5. The zero-order valence-corrected chi connectivity index (χ0v) is 14.2. The molecular formula is C15H24N2O2S2. The minimum absolute atomic E-state index is 0.165. The largest absolute Gasteiger partial charge is 0.306 e. The van der Waals surface area contributed by atoms with Crippen LogP contribution in [0.1, 0.15) is 44.2 Å². The molecule has 1 aromatic carbocycles. The van der Waals surface area contributed by atoms with Gasteiger partial charge >= 0.3 is 0 Å². The Bertz CT molecular complexity index is 558. The highest BCUT2D eigenvalue weighted by atomic mass is 32.2. The van der Waals surface area contributed by atoms with E-state index in [1.807, 2.05) is 23.9 Å². The van der Waals surface area contributed by atoms with Crippen molar-refractivity contribution in [1.29, 1.82) is 0 Å². The third kappa shape index (κ3) is 4.45. The maximum Gasteiger partial charge on any atom is 0.238 e. The van der Waals surface area contributed by atoms with Gasteiger partial charge in [-0.25, -0.2) is 13.6 Å². The molecule has 6 heteroatoms.